The van der Waals surface area contributed by atoms with E-state index in [1.165, 1.54) is 18.4 Å². The van der Waals surface area contributed by atoms with Crippen LogP contribution >= 0.6 is 11.3 Å². The van der Waals surface area contributed by atoms with E-state index < -0.39 is 16.1 Å². The normalized spacial score (nSPS) is 11.5. The smallest absolute Gasteiger partial charge is 0.328 e. The number of urea groups is 1. The Hall–Kier alpha value is -3.96. The first kappa shape index (κ1) is 31.0. The van der Waals surface area contributed by atoms with Crippen LogP contribution in [0.2, 0.25) is 0 Å². The zero-order valence-corrected chi connectivity index (χ0v) is 25.8. The van der Waals surface area contributed by atoms with Gasteiger partial charge in [-0.25, -0.2) is 17.9 Å². The van der Waals surface area contributed by atoms with E-state index >= 15 is 0 Å². The molecule has 0 atom stereocenters. The van der Waals surface area contributed by atoms with Crippen LogP contribution in [0.15, 0.2) is 64.9 Å². The Morgan fingerprint density at radius 3 is 2.43 bits per heavy atom. The number of rotatable bonds is 13. The summed E-state index contributed by atoms with van der Waals surface area (Å²) in [6, 6.07) is 18.2. The van der Waals surface area contributed by atoms with Crippen LogP contribution in [-0.2, 0) is 23.0 Å². The number of benzene rings is 2. The van der Waals surface area contributed by atoms with E-state index in [4.69, 9.17) is 4.74 Å². The number of nitrogens with one attached hydrogen (secondary N) is 2. The predicted molar refractivity (Wildman–Crippen MR) is 166 cm³/mol. The van der Waals surface area contributed by atoms with Gasteiger partial charge in [0.15, 0.2) is 6.29 Å². The summed E-state index contributed by atoms with van der Waals surface area (Å²) in [5, 5.41) is 2.60. The van der Waals surface area contributed by atoms with Crippen molar-refractivity contribution in [2.45, 2.75) is 50.8 Å². The van der Waals surface area contributed by atoms with Crippen molar-refractivity contribution in [2.75, 3.05) is 13.7 Å². The van der Waals surface area contributed by atoms with E-state index in [1.807, 2.05) is 67.6 Å². The lowest BCUT2D eigenvalue weighted by Gasteiger charge is -2.11. The number of ether oxygens (including phenoxy) is 1. The molecule has 222 valence electrons. The number of unbranched alkanes of at least 4 members (excludes halogenated alkanes) is 1. The first-order valence-corrected chi connectivity index (χ1v) is 16.1. The molecule has 0 radical (unpaired) electrons. The highest BCUT2D eigenvalue weighted by Crippen LogP contribution is 2.37. The van der Waals surface area contributed by atoms with E-state index in [1.54, 1.807) is 4.57 Å². The van der Waals surface area contributed by atoms with E-state index in [0.29, 0.717) is 48.1 Å². The third-order valence-electron chi connectivity index (χ3n) is 6.56. The van der Waals surface area contributed by atoms with Crippen LogP contribution < -0.4 is 14.8 Å². The number of thiophene rings is 1. The molecule has 42 heavy (non-hydrogen) atoms. The number of hydrogen-bond acceptors (Lipinski definition) is 7. The van der Waals surface area contributed by atoms with Crippen molar-refractivity contribution < 1.29 is 22.7 Å². The zero-order chi connectivity index (χ0) is 30.3. The summed E-state index contributed by atoms with van der Waals surface area (Å²) in [6.07, 6.45) is 3.09. The van der Waals surface area contributed by atoms with Gasteiger partial charge in [0.1, 0.15) is 15.7 Å². The SMILES string of the molecule is CCCCNC(=O)NS(=O)(=O)c1sc(CC(C)C)cc1-c1ccc(Cn2c(-c3ccccc3)nc(OC)c2C=O)cc1. The van der Waals surface area contributed by atoms with E-state index in [2.05, 4.69) is 28.9 Å². The molecule has 9 nitrogen and oxygen atoms in total. The molecule has 11 heteroatoms. The highest BCUT2D eigenvalue weighted by Gasteiger charge is 2.26. The molecule has 0 unspecified atom stereocenters. The van der Waals surface area contributed by atoms with Gasteiger partial charge < -0.3 is 14.6 Å². The third-order valence-corrected chi connectivity index (χ3v) is 9.58. The second kappa shape index (κ2) is 13.8. The molecule has 2 amide bonds. The maximum atomic E-state index is 13.3. The molecule has 0 spiro atoms. The van der Waals surface area contributed by atoms with Crippen LogP contribution in [0.25, 0.3) is 22.5 Å². The first-order valence-electron chi connectivity index (χ1n) is 13.8. The molecule has 0 aliphatic rings. The van der Waals surface area contributed by atoms with Crippen molar-refractivity contribution in [3.05, 3.63) is 76.8 Å². The number of sulfonamides is 1. The first-order chi connectivity index (χ1) is 20.2. The number of aldehydes is 1. The number of nitrogens with zero attached hydrogens (tertiary/aromatic N) is 2. The summed E-state index contributed by atoms with van der Waals surface area (Å²) < 4.78 is 36.1. The minimum absolute atomic E-state index is 0.102. The van der Waals surface area contributed by atoms with Gasteiger partial charge in [0.05, 0.1) is 7.11 Å². The Morgan fingerprint density at radius 2 is 1.81 bits per heavy atom. The fourth-order valence-corrected chi connectivity index (χ4v) is 7.44. The molecule has 0 saturated heterocycles. The third kappa shape index (κ3) is 7.27. The molecule has 4 aromatic rings. The van der Waals surface area contributed by atoms with Gasteiger partial charge in [0.25, 0.3) is 10.0 Å². The van der Waals surface area contributed by atoms with Crippen molar-refractivity contribution in [2.24, 2.45) is 5.92 Å². The van der Waals surface area contributed by atoms with Crippen LogP contribution in [0, 0.1) is 5.92 Å². The fraction of sp³-hybridized carbons (Fsp3) is 0.323. The lowest BCUT2D eigenvalue weighted by Crippen LogP contribution is -2.39. The summed E-state index contributed by atoms with van der Waals surface area (Å²) in [4.78, 5) is 29.8. The summed E-state index contributed by atoms with van der Waals surface area (Å²) in [7, 11) is -2.62. The van der Waals surface area contributed by atoms with E-state index in [9.17, 15) is 18.0 Å². The molecular weight excluding hydrogens is 572 g/mol. The maximum Gasteiger partial charge on any atom is 0.328 e. The Kier molecular flexibility index (Phi) is 10.2. The van der Waals surface area contributed by atoms with Gasteiger partial charge in [-0.2, -0.15) is 4.98 Å². The second-order valence-electron chi connectivity index (χ2n) is 10.3. The number of hydrogen-bond donors (Lipinski definition) is 2. The molecule has 0 bridgehead atoms. The average molecular weight is 609 g/mol. The number of carbonyl (C=O) groups excluding carboxylic acids is 2. The summed E-state index contributed by atoms with van der Waals surface area (Å²) in [5.41, 5.74) is 3.30. The van der Waals surface area contributed by atoms with Crippen molar-refractivity contribution in [3.63, 3.8) is 0 Å². The molecular formula is C31H36N4O5S2. The van der Waals surface area contributed by atoms with Crippen LogP contribution in [0.5, 0.6) is 5.88 Å². The Labute approximate surface area is 251 Å². The Bertz CT molecular complexity index is 1630. The van der Waals surface area contributed by atoms with E-state index in [-0.39, 0.29) is 10.1 Å². The van der Waals surface area contributed by atoms with Crippen LogP contribution in [0.1, 0.15) is 54.5 Å². The summed E-state index contributed by atoms with van der Waals surface area (Å²) >= 11 is 1.18. The van der Waals surface area contributed by atoms with Crippen LogP contribution in [0.3, 0.4) is 0 Å². The Balaban J connectivity index is 1.66. The topological polar surface area (TPSA) is 119 Å². The van der Waals surface area contributed by atoms with Gasteiger partial charge in [-0.1, -0.05) is 81.8 Å². The quantitative estimate of drug-likeness (QED) is 0.139. The molecule has 4 rings (SSSR count). The van der Waals surface area contributed by atoms with Crippen molar-refractivity contribution in [3.8, 4) is 28.4 Å². The molecule has 0 fully saturated rings. The van der Waals surface area contributed by atoms with Crippen molar-refractivity contribution in [1.82, 2.24) is 19.6 Å². The minimum Gasteiger partial charge on any atom is -0.479 e. The minimum atomic E-state index is -4.10. The van der Waals surface area contributed by atoms with Gasteiger partial charge in [0, 0.05) is 29.1 Å². The maximum absolute atomic E-state index is 13.3. The highest BCUT2D eigenvalue weighted by molar-refractivity contribution is 7.92. The van der Waals surface area contributed by atoms with Crippen molar-refractivity contribution >= 4 is 33.7 Å². The van der Waals surface area contributed by atoms with Gasteiger partial charge in [-0.3, -0.25) is 4.79 Å². The molecule has 0 saturated carbocycles. The zero-order valence-electron chi connectivity index (χ0n) is 24.2. The second-order valence-corrected chi connectivity index (χ2v) is 13.3. The van der Waals surface area contributed by atoms with Gasteiger partial charge in [0.2, 0.25) is 5.88 Å². The summed E-state index contributed by atoms with van der Waals surface area (Å²) in [6.45, 7) is 6.89. The Morgan fingerprint density at radius 1 is 1.10 bits per heavy atom. The molecule has 0 aliphatic heterocycles. The number of imidazole rings is 1. The largest absolute Gasteiger partial charge is 0.479 e. The van der Waals surface area contributed by atoms with Gasteiger partial charge in [-0.15, -0.1) is 11.3 Å². The van der Waals surface area contributed by atoms with Crippen LogP contribution in [0.4, 0.5) is 4.79 Å². The van der Waals surface area contributed by atoms with E-state index in [0.717, 1.165) is 35.1 Å². The molecule has 0 aliphatic carbocycles. The molecule has 2 N–H and O–H groups in total. The van der Waals surface area contributed by atoms with Gasteiger partial charge >= 0.3 is 6.03 Å². The number of amides is 2. The fourth-order valence-electron chi connectivity index (χ4n) is 4.56. The lowest BCUT2D eigenvalue weighted by molar-refractivity contribution is 0.111. The standard InChI is InChI=1S/C31H36N4O5S2/c1-5-6-16-32-31(37)34-42(38,39)30-26(18-25(41-30)17-21(2)3)23-14-12-22(13-15-23)19-35-27(20-36)29(40-4)33-28(35)24-10-8-7-9-11-24/h7-15,18,20-21H,5-6,16-17,19H2,1-4H3,(H2,32,34,37). The monoisotopic (exact) mass is 608 g/mol. The number of aromatic nitrogens is 2. The molecule has 2 heterocycles. The number of methoxy groups -OCH3 is 1. The molecule has 2 aromatic carbocycles. The summed E-state index contributed by atoms with van der Waals surface area (Å²) in [5.74, 6) is 1.18. The highest BCUT2D eigenvalue weighted by atomic mass is 32.2. The average Bonchev–Trinajstić information content (AvgIpc) is 3.55. The van der Waals surface area contributed by atoms with Crippen LogP contribution in [-0.4, -0.2) is 43.9 Å². The predicted octanol–water partition coefficient (Wildman–Crippen LogP) is 6.13. The lowest BCUT2D eigenvalue weighted by atomic mass is 10.0. The van der Waals surface area contributed by atoms with Gasteiger partial charge in [-0.05, 0) is 36.0 Å². The molecule has 2 aromatic heterocycles. The van der Waals surface area contributed by atoms with Crippen molar-refractivity contribution in [1.29, 1.82) is 0 Å². The number of carbonyl (C=O) groups is 2.